The maximum Gasteiger partial charge on any atom is 0.262 e. The van der Waals surface area contributed by atoms with E-state index >= 15 is 0 Å². The van der Waals surface area contributed by atoms with Crippen molar-refractivity contribution in [2.24, 2.45) is 0 Å². The molecular formula is C22H19ClN2O4S. The number of carbonyl (C=O) groups is 1. The van der Waals surface area contributed by atoms with Crippen molar-refractivity contribution in [1.82, 2.24) is 0 Å². The van der Waals surface area contributed by atoms with Crippen LogP contribution in [0.1, 0.15) is 22.8 Å². The number of amides is 1. The first-order chi connectivity index (χ1) is 14.3. The number of hydrogen-bond donors (Lipinski definition) is 1. The number of anilines is 2. The third-order valence-corrected chi connectivity index (χ3v) is 6.60. The van der Waals surface area contributed by atoms with Gasteiger partial charge in [-0.25, -0.2) is 8.42 Å². The third kappa shape index (κ3) is 3.62. The van der Waals surface area contributed by atoms with Gasteiger partial charge in [0.2, 0.25) is 0 Å². The van der Waals surface area contributed by atoms with E-state index in [2.05, 4.69) is 4.72 Å². The van der Waals surface area contributed by atoms with Gasteiger partial charge in [0.1, 0.15) is 5.75 Å². The smallest absolute Gasteiger partial charge is 0.262 e. The van der Waals surface area contributed by atoms with E-state index in [1.165, 1.54) is 12.1 Å². The Morgan fingerprint density at radius 2 is 1.80 bits per heavy atom. The van der Waals surface area contributed by atoms with Gasteiger partial charge in [0.15, 0.2) is 5.75 Å². The van der Waals surface area contributed by atoms with Crippen molar-refractivity contribution in [3.05, 3.63) is 76.8 Å². The number of aryl methyl sites for hydroxylation is 1. The number of fused-ring (bicyclic) bond motifs is 2. The first-order valence-corrected chi connectivity index (χ1v) is 11.2. The monoisotopic (exact) mass is 442 g/mol. The van der Waals surface area contributed by atoms with Gasteiger partial charge in [-0.2, -0.15) is 0 Å². The maximum atomic E-state index is 13.2. The van der Waals surface area contributed by atoms with Crippen LogP contribution in [0.4, 0.5) is 11.4 Å². The molecule has 1 aliphatic rings. The Kier molecular flexibility index (Phi) is 5.17. The van der Waals surface area contributed by atoms with E-state index in [1.54, 1.807) is 42.2 Å². The molecule has 30 heavy (non-hydrogen) atoms. The molecule has 0 atom stereocenters. The summed E-state index contributed by atoms with van der Waals surface area (Å²) in [6.45, 7) is 4.00. The van der Waals surface area contributed by atoms with E-state index in [-0.39, 0.29) is 22.1 Å². The summed E-state index contributed by atoms with van der Waals surface area (Å²) >= 11 is 5.98. The minimum atomic E-state index is -3.89. The molecular weight excluding hydrogens is 424 g/mol. The van der Waals surface area contributed by atoms with E-state index in [9.17, 15) is 13.2 Å². The number of nitrogens with one attached hydrogen (secondary N) is 1. The van der Waals surface area contributed by atoms with Gasteiger partial charge in [-0.05, 0) is 61.9 Å². The largest absolute Gasteiger partial charge is 0.454 e. The lowest BCUT2D eigenvalue weighted by Crippen LogP contribution is -2.29. The molecule has 0 aromatic heterocycles. The second-order valence-electron chi connectivity index (χ2n) is 6.85. The number of para-hydroxylation sites is 2. The highest BCUT2D eigenvalue weighted by molar-refractivity contribution is 7.92. The van der Waals surface area contributed by atoms with Crippen molar-refractivity contribution in [3.63, 3.8) is 0 Å². The quantitative estimate of drug-likeness (QED) is 0.600. The molecule has 3 aromatic rings. The summed E-state index contributed by atoms with van der Waals surface area (Å²) in [4.78, 5) is 14.8. The fraction of sp³-hybridized carbons (Fsp3) is 0.136. The minimum Gasteiger partial charge on any atom is -0.454 e. The van der Waals surface area contributed by atoms with Gasteiger partial charge < -0.3 is 9.64 Å². The number of sulfonamides is 1. The minimum absolute atomic E-state index is 0.0788. The van der Waals surface area contributed by atoms with E-state index in [0.29, 0.717) is 34.3 Å². The number of hydrogen-bond acceptors (Lipinski definition) is 4. The fourth-order valence-electron chi connectivity index (χ4n) is 3.38. The normalized spacial score (nSPS) is 13.2. The predicted molar refractivity (Wildman–Crippen MR) is 117 cm³/mol. The van der Waals surface area contributed by atoms with E-state index in [4.69, 9.17) is 16.3 Å². The topological polar surface area (TPSA) is 75.7 Å². The molecule has 1 aliphatic heterocycles. The van der Waals surface area contributed by atoms with Crippen molar-refractivity contribution in [2.45, 2.75) is 18.7 Å². The lowest BCUT2D eigenvalue weighted by molar-refractivity contribution is 0.0988. The van der Waals surface area contributed by atoms with Gasteiger partial charge in [-0.1, -0.05) is 29.8 Å². The van der Waals surface area contributed by atoms with E-state index in [0.717, 1.165) is 0 Å². The highest BCUT2D eigenvalue weighted by atomic mass is 35.5. The van der Waals surface area contributed by atoms with Gasteiger partial charge in [-0.15, -0.1) is 0 Å². The van der Waals surface area contributed by atoms with Crippen LogP contribution in [0.25, 0.3) is 0 Å². The molecule has 4 rings (SSSR count). The Bertz CT molecular complexity index is 1260. The Morgan fingerprint density at radius 1 is 1.03 bits per heavy atom. The third-order valence-electron chi connectivity index (χ3n) is 4.84. The van der Waals surface area contributed by atoms with Crippen molar-refractivity contribution in [2.75, 3.05) is 16.2 Å². The highest BCUT2D eigenvalue weighted by Gasteiger charge is 2.28. The molecule has 6 nitrogen and oxygen atoms in total. The lowest BCUT2D eigenvalue weighted by Gasteiger charge is -2.20. The highest BCUT2D eigenvalue weighted by Crippen LogP contribution is 2.39. The van der Waals surface area contributed by atoms with Crippen molar-refractivity contribution in [1.29, 1.82) is 0 Å². The Balaban J connectivity index is 1.74. The summed E-state index contributed by atoms with van der Waals surface area (Å²) < 4.78 is 34.3. The number of rotatable bonds is 4. The van der Waals surface area contributed by atoms with Crippen LogP contribution in [-0.2, 0) is 10.0 Å². The van der Waals surface area contributed by atoms with Crippen molar-refractivity contribution in [3.8, 4) is 11.5 Å². The zero-order valence-corrected chi connectivity index (χ0v) is 17.9. The molecule has 0 aliphatic carbocycles. The number of carbonyl (C=O) groups excluding carboxylic acids is 1. The average molecular weight is 443 g/mol. The molecule has 0 saturated carbocycles. The molecule has 0 bridgehead atoms. The first kappa shape index (κ1) is 20.3. The van der Waals surface area contributed by atoms with Crippen molar-refractivity contribution < 1.29 is 17.9 Å². The van der Waals surface area contributed by atoms with Gasteiger partial charge in [0.25, 0.3) is 15.9 Å². The van der Waals surface area contributed by atoms with Crippen LogP contribution in [0, 0.1) is 6.92 Å². The lowest BCUT2D eigenvalue weighted by atomic mass is 10.1. The molecule has 8 heteroatoms. The van der Waals surface area contributed by atoms with Crippen LogP contribution >= 0.6 is 11.6 Å². The molecule has 0 saturated heterocycles. The zero-order chi connectivity index (χ0) is 21.5. The summed E-state index contributed by atoms with van der Waals surface area (Å²) in [6, 6.07) is 16.6. The summed E-state index contributed by atoms with van der Waals surface area (Å²) in [5.41, 5.74) is 1.76. The SMILES string of the molecule is CCN1C(=O)c2cc(NS(=O)(=O)c3cc(Cl)ccc3C)ccc2Oc2ccccc21. The molecule has 0 fully saturated rings. The average Bonchev–Trinajstić information content (AvgIpc) is 2.83. The summed E-state index contributed by atoms with van der Waals surface area (Å²) in [5, 5.41) is 0.322. The van der Waals surface area contributed by atoms with E-state index < -0.39 is 10.0 Å². The summed E-state index contributed by atoms with van der Waals surface area (Å²) in [6.07, 6.45) is 0. The zero-order valence-electron chi connectivity index (χ0n) is 16.3. The van der Waals surface area contributed by atoms with Gasteiger partial charge >= 0.3 is 0 Å². The first-order valence-electron chi connectivity index (χ1n) is 9.32. The van der Waals surface area contributed by atoms with Crippen LogP contribution in [0.5, 0.6) is 11.5 Å². The molecule has 0 radical (unpaired) electrons. The standard InChI is InChI=1S/C22H19ClN2O4S/c1-3-25-18-6-4-5-7-20(18)29-19-11-10-16(13-17(19)22(25)26)24-30(27,28)21-12-15(23)9-8-14(21)2/h4-13,24H,3H2,1-2H3. The molecule has 1 heterocycles. The van der Waals surface area contributed by atoms with Crippen LogP contribution in [0.3, 0.4) is 0 Å². The molecule has 0 unspecified atom stereocenters. The second kappa shape index (κ2) is 7.66. The van der Waals surface area contributed by atoms with Crippen LogP contribution in [0.2, 0.25) is 5.02 Å². The number of halogens is 1. The number of nitrogens with zero attached hydrogens (tertiary/aromatic N) is 1. The Labute approximate surface area is 180 Å². The fourth-order valence-corrected chi connectivity index (χ4v) is 4.93. The molecule has 1 amide bonds. The molecule has 154 valence electrons. The van der Waals surface area contributed by atoms with Crippen LogP contribution < -0.4 is 14.4 Å². The maximum absolute atomic E-state index is 13.2. The molecule has 1 N–H and O–H groups in total. The second-order valence-corrected chi connectivity index (χ2v) is 8.93. The summed E-state index contributed by atoms with van der Waals surface area (Å²) in [7, 11) is -3.89. The molecule has 0 spiro atoms. The van der Waals surface area contributed by atoms with Gasteiger partial charge in [0.05, 0.1) is 16.1 Å². The Morgan fingerprint density at radius 3 is 2.57 bits per heavy atom. The molecule has 3 aromatic carbocycles. The van der Waals surface area contributed by atoms with Gasteiger partial charge in [0, 0.05) is 17.3 Å². The Hall–Kier alpha value is -3.03. The summed E-state index contributed by atoms with van der Waals surface area (Å²) in [5.74, 6) is 0.664. The number of benzene rings is 3. The van der Waals surface area contributed by atoms with E-state index in [1.807, 2.05) is 25.1 Å². The van der Waals surface area contributed by atoms with Gasteiger partial charge in [-0.3, -0.25) is 9.52 Å². The number of ether oxygens (including phenoxy) is 1. The van der Waals surface area contributed by atoms with Crippen LogP contribution in [0.15, 0.2) is 65.6 Å². The van der Waals surface area contributed by atoms with Crippen LogP contribution in [-0.4, -0.2) is 20.9 Å². The van der Waals surface area contributed by atoms with Crippen molar-refractivity contribution >= 4 is 38.9 Å². The predicted octanol–water partition coefficient (Wildman–Crippen LogP) is 5.22.